The molecule has 0 saturated carbocycles. The van der Waals surface area contributed by atoms with Gasteiger partial charge < -0.3 is 13.8 Å². The summed E-state index contributed by atoms with van der Waals surface area (Å²) in [7, 11) is 0. The molecule has 0 aromatic rings. The molecule has 29 valence electrons. The molecule has 0 aliphatic rings. The molecule has 1 radical (unpaired) electrons. The summed E-state index contributed by atoms with van der Waals surface area (Å²) >= 11 is 0. The largest absolute Gasteiger partial charge is 2.00 e. The Kier molecular flexibility index (Phi) is 482. The molecule has 0 aromatic carbocycles. The maximum Gasteiger partial charge on any atom is 2.00 e. The third-order valence-electron chi connectivity index (χ3n) is 0. The van der Waals surface area contributed by atoms with Crippen molar-refractivity contribution in [2.24, 2.45) is 0 Å². The molecular weight excluding hydrogens is 115 g/mol. The molecule has 0 bridgehead atoms. The smallest absolute Gasteiger partial charge is 1.00 e. The zero-order valence-electron chi connectivity index (χ0n) is 4.04. The Morgan fingerprint density at radius 3 is 1.00 bits per heavy atom. The van der Waals surface area contributed by atoms with Gasteiger partial charge in [-0.25, -0.2) is 0 Å². The van der Waals surface area contributed by atoms with Crippen LogP contribution in [0.1, 0.15) is 2.85 Å². The first-order valence-corrected chi connectivity index (χ1v) is 0. The van der Waals surface area contributed by atoms with E-state index in [9.17, 15) is 0 Å². The van der Waals surface area contributed by atoms with Gasteiger partial charge in [0.1, 0.15) is 0 Å². The maximum absolute atomic E-state index is 0. The van der Waals surface area contributed by atoms with Gasteiger partial charge in [-0.15, -0.1) is 0 Å². The summed E-state index contributed by atoms with van der Waals surface area (Å²) in [6, 6.07) is 0. The molecule has 0 aliphatic heterocycles. The fourth-order valence-corrected chi connectivity index (χ4v) is 0. The first kappa shape index (κ1) is 64.2. The van der Waals surface area contributed by atoms with Crippen LogP contribution >= 0.6 is 0 Å². The predicted molar refractivity (Wildman–Crippen MR) is 15.2 cm³/mol. The van der Waals surface area contributed by atoms with Crippen molar-refractivity contribution in [1.82, 2.24) is 0 Å². The van der Waals surface area contributed by atoms with Crippen LogP contribution in [0.3, 0.4) is 0 Å². The van der Waals surface area contributed by atoms with Crippen LogP contribution in [0.15, 0.2) is 0 Å². The average Bonchev–Trinajstić information content (AvgIpc) is 0. The first-order chi connectivity index (χ1) is 0. The van der Waals surface area contributed by atoms with Crippen LogP contribution in [-0.4, -0.2) is 34.0 Å². The van der Waals surface area contributed by atoms with E-state index in [2.05, 4.69) is 0 Å². The minimum atomic E-state index is 0. The third-order valence-corrected chi connectivity index (χ3v) is 0. The second-order valence-corrected chi connectivity index (χ2v) is 0. The van der Waals surface area contributed by atoms with E-state index in [4.69, 9.17) is 0 Å². The van der Waals surface area contributed by atoms with Crippen molar-refractivity contribution in [3.8, 4) is 0 Å². The van der Waals surface area contributed by atoms with Crippen LogP contribution in [0.2, 0.25) is 0 Å². The third kappa shape index (κ3) is 10.8. The summed E-state index contributed by atoms with van der Waals surface area (Å²) in [4.78, 5) is 0. The van der Waals surface area contributed by atoms with Crippen LogP contribution in [0.5, 0.6) is 0 Å². The molecule has 0 atom stereocenters. The zero-order valence-corrected chi connectivity index (χ0v) is 4.50. The summed E-state index contributed by atoms with van der Waals surface area (Å²) in [6.07, 6.45) is 0. The monoisotopic (exact) mass is 121 g/mol. The number of rotatable bonds is 0. The molecule has 0 amide bonds. The molecule has 2 nitrogen and oxygen atoms in total. The van der Waals surface area contributed by atoms with Gasteiger partial charge in [0.15, 0.2) is 0 Å². The first-order valence-electron chi connectivity index (χ1n) is 0. The Labute approximate surface area is 53.9 Å². The van der Waals surface area contributed by atoms with Crippen molar-refractivity contribution in [2.75, 3.05) is 0 Å². The molecule has 0 fully saturated rings. The molecule has 4 heavy (non-hydrogen) atoms. The normalized spacial score (nSPS) is 0. The summed E-state index contributed by atoms with van der Waals surface area (Å²) in [5.74, 6) is 0. The molecule has 0 unspecified atom stereocenters. The van der Waals surface area contributed by atoms with Crippen LogP contribution in [0.4, 0.5) is 0 Å². The Hall–Kier alpha value is 1.19. The van der Waals surface area contributed by atoms with Gasteiger partial charge in [0, 0.05) is 16.8 Å². The van der Waals surface area contributed by atoms with Crippen LogP contribution in [-0.2, 0) is 16.8 Å². The van der Waals surface area contributed by atoms with E-state index in [0.717, 1.165) is 0 Å². The van der Waals surface area contributed by atoms with Gasteiger partial charge >= 0.3 is 23.1 Å². The minimum absolute atomic E-state index is 0. The van der Waals surface area contributed by atoms with Crippen molar-refractivity contribution in [3.05, 3.63) is 0 Å². The number of hydrogen-bond donors (Lipinski definition) is 0. The van der Waals surface area contributed by atoms with Gasteiger partial charge in [0.05, 0.1) is 0 Å². The second-order valence-electron chi connectivity index (χ2n) is 0. The van der Waals surface area contributed by atoms with Crippen molar-refractivity contribution in [2.45, 2.75) is 0 Å². The molecule has 0 spiro atoms. The van der Waals surface area contributed by atoms with Crippen molar-refractivity contribution < 1.29 is 30.6 Å². The van der Waals surface area contributed by atoms with Crippen molar-refractivity contribution in [3.63, 3.8) is 0 Å². The average molecular weight is 121 g/mol. The van der Waals surface area contributed by atoms with Crippen LogP contribution < -0.4 is 0 Å². The summed E-state index contributed by atoms with van der Waals surface area (Å²) in [5, 5.41) is 0. The van der Waals surface area contributed by atoms with Gasteiger partial charge in [-0.3, -0.25) is 0 Å². The van der Waals surface area contributed by atoms with Gasteiger partial charge in [0.2, 0.25) is 0 Å². The Balaban J connectivity index is 0. The van der Waals surface area contributed by atoms with E-state index >= 15 is 0 Å². The predicted octanol–water partition coefficient (Wildman–Crippen LogP) is -1.81. The van der Waals surface area contributed by atoms with Crippen molar-refractivity contribution in [1.29, 1.82) is 0 Å². The van der Waals surface area contributed by atoms with E-state index in [1.54, 1.807) is 0 Å². The van der Waals surface area contributed by atoms with Gasteiger partial charge in [-0.05, 0) is 0 Å². The molecule has 0 rings (SSSR count). The fraction of sp³-hybridized carbons (Fsp3) is 0. The molecule has 0 saturated heterocycles. The van der Waals surface area contributed by atoms with Crippen molar-refractivity contribution >= 4 is 23.1 Å². The SMILES string of the molecule is O.O.[Co].[H-].[H-].[Mg+2]. The van der Waals surface area contributed by atoms with E-state index in [1.165, 1.54) is 0 Å². The Morgan fingerprint density at radius 1 is 1.00 bits per heavy atom. The van der Waals surface area contributed by atoms with Gasteiger partial charge in [-0.1, -0.05) is 0 Å². The Bertz CT molecular complexity index is 11.5. The second kappa shape index (κ2) is 30.0. The number of hydrogen-bond acceptors (Lipinski definition) is 0. The summed E-state index contributed by atoms with van der Waals surface area (Å²) < 4.78 is 0. The van der Waals surface area contributed by atoms with E-state index < -0.39 is 0 Å². The van der Waals surface area contributed by atoms with E-state index in [-0.39, 0.29) is 53.6 Å². The summed E-state index contributed by atoms with van der Waals surface area (Å²) in [5.41, 5.74) is 0. The minimum Gasteiger partial charge on any atom is -1.00 e. The topological polar surface area (TPSA) is 63.0 Å². The molecule has 0 aliphatic carbocycles. The zero-order chi connectivity index (χ0) is 0. The Morgan fingerprint density at radius 2 is 1.00 bits per heavy atom. The quantitative estimate of drug-likeness (QED) is 0.339. The molecule has 0 aromatic heterocycles. The van der Waals surface area contributed by atoms with Gasteiger partial charge in [-0.2, -0.15) is 0 Å². The fourth-order valence-electron chi connectivity index (χ4n) is 0. The maximum atomic E-state index is 0. The molecular formula is H6CoMgO2. The molecule has 4 N–H and O–H groups in total. The van der Waals surface area contributed by atoms with Crippen LogP contribution in [0, 0.1) is 0 Å². The summed E-state index contributed by atoms with van der Waals surface area (Å²) in [6.45, 7) is 0. The molecule has 4 heteroatoms. The standard InChI is InChI=1S/Co.Mg.2H2O.2H/h;;2*1H2;;/q;+2;;;2*-1. The van der Waals surface area contributed by atoms with Crippen LogP contribution in [0.25, 0.3) is 0 Å². The van der Waals surface area contributed by atoms with Gasteiger partial charge in [0.25, 0.3) is 0 Å². The van der Waals surface area contributed by atoms with E-state index in [0.29, 0.717) is 0 Å². The van der Waals surface area contributed by atoms with E-state index in [1.807, 2.05) is 0 Å². The molecule has 0 heterocycles.